The molecule has 1 aliphatic rings. The van der Waals surface area contributed by atoms with E-state index in [0.717, 1.165) is 6.07 Å². The third-order valence-electron chi connectivity index (χ3n) is 2.91. The fraction of sp³-hybridized carbons (Fsp3) is 0.500. The molecule has 1 unspecified atom stereocenters. The highest BCUT2D eigenvalue weighted by Gasteiger charge is 2.35. The molecule has 0 aromatic heterocycles. The Morgan fingerprint density at radius 2 is 2.11 bits per heavy atom. The molecule has 3 nitrogen and oxygen atoms in total. The topological polar surface area (TPSA) is 38.5 Å². The molecule has 18 heavy (non-hydrogen) atoms. The number of nitrogens with two attached hydrogens (primary N) is 1. The number of hydrogen-bond donors (Lipinski definition) is 1. The molecule has 0 radical (unpaired) electrons. The van der Waals surface area contributed by atoms with Gasteiger partial charge in [0, 0.05) is 24.5 Å². The number of rotatable bonds is 1. The van der Waals surface area contributed by atoms with Crippen molar-refractivity contribution in [2.75, 3.05) is 30.3 Å². The van der Waals surface area contributed by atoms with E-state index in [4.69, 9.17) is 10.5 Å². The molecule has 1 aromatic rings. The molecule has 1 aromatic carbocycles. The number of hydrogen-bond acceptors (Lipinski definition) is 3. The van der Waals surface area contributed by atoms with Crippen LogP contribution >= 0.6 is 0 Å². The average molecular weight is 260 g/mol. The van der Waals surface area contributed by atoms with E-state index in [0.29, 0.717) is 19.7 Å². The standard InChI is InChI=1S/C12H15F3N2O/c1-8-7-17(4-5-18-8)11-3-2-9(16)6-10(11)12(13,14)15/h2-3,6,8H,4-5,7,16H2,1H3. The Labute approximate surface area is 103 Å². The zero-order valence-corrected chi connectivity index (χ0v) is 10.00. The molecule has 0 amide bonds. The summed E-state index contributed by atoms with van der Waals surface area (Å²) in [6.45, 7) is 3.18. The minimum Gasteiger partial charge on any atom is -0.399 e. The van der Waals surface area contributed by atoms with E-state index >= 15 is 0 Å². The van der Waals surface area contributed by atoms with Crippen molar-refractivity contribution in [3.63, 3.8) is 0 Å². The van der Waals surface area contributed by atoms with Crippen LogP contribution in [0.2, 0.25) is 0 Å². The van der Waals surface area contributed by atoms with E-state index in [2.05, 4.69) is 0 Å². The van der Waals surface area contributed by atoms with Gasteiger partial charge in [-0.25, -0.2) is 0 Å². The maximum atomic E-state index is 13.0. The fourth-order valence-electron chi connectivity index (χ4n) is 2.09. The molecule has 2 N–H and O–H groups in total. The molecule has 0 aliphatic carbocycles. The third-order valence-corrected chi connectivity index (χ3v) is 2.91. The van der Waals surface area contributed by atoms with E-state index in [1.54, 1.807) is 4.90 Å². The van der Waals surface area contributed by atoms with Crippen LogP contribution in [0.5, 0.6) is 0 Å². The molecular weight excluding hydrogens is 245 g/mol. The highest BCUT2D eigenvalue weighted by molar-refractivity contribution is 5.61. The van der Waals surface area contributed by atoms with Crippen molar-refractivity contribution in [2.24, 2.45) is 0 Å². The van der Waals surface area contributed by atoms with E-state index < -0.39 is 11.7 Å². The summed E-state index contributed by atoms with van der Waals surface area (Å²) in [6.07, 6.45) is -4.47. The van der Waals surface area contributed by atoms with Crippen LogP contribution in [0.3, 0.4) is 0 Å². The summed E-state index contributed by atoms with van der Waals surface area (Å²) in [7, 11) is 0. The molecule has 100 valence electrons. The molecule has 6 heteroatoms. The molecule has 0 bridgehead atoms. The summed E-state index contributed by atoms with van der Waals surface area (Å²) in [5.41, 5.74) is 5.05. The Hall–Kier alpha value is -1.43. The second kappa shape index (κ2) is 4.68. The van der Waals surface area contributed by atoms with Crippen LogP contribution in [0.15, 0.2) is 18.2 Å². The SMILES string of the molecule is CC1CN(c2ccc(N)cc2C(F)(F)F)CCO1. The number of ether oxygens (including phenoxy) is 1. The second-order valence-electron chi connectivity index (χ2n) is 4.40. The summed E-state index contributed by atoms with van der Waals surface area (Å²) in [5.74, 6) is 0. The quantitative estimate of drug-likeness (QED) is 0.788. The Bertz CT molecular complexity index is 434. The van der Waals surface area contributed by atoms with E-state index in [1.165, 1.54) is 12.1 Å². The zero-order valence-electron chi connectivity index (χ0n) is 10.00. The molecule has 1 heterocycles. The van der Waals surface area contributed by atoms with E-state index in [-0.39, 0.29) is 17.5 Å². The Morgan fingerprint density at radius 3 is 2.72 bits per heavy atom. The maximum absolute atomic E-state index is 13.0. The summed E-state index contributed by atoms with van der Waals surface area (Å²) < 4.78 is 44.2. The van der Waals surface area contributed by atoms with Gasteiger partial charge in [-0.1, -0.05) is 0 Å². The molecule has 0 spiro atoms. The highest BCUT2D eigenvalue weighted by Crippen LogP contribution is 2.38. The second-order valence-corrected chi connectivity index (χ2v) is 4.40. The van der Waals surface area contributed by atoms with Crippen LogP contribution in [0.4, 0.5) is 24.5 Å². The van der Waals surface area contributed by atoms with E-state index in [1.807, 2.05) is 6.92 Å². The van der Waals surface area contributed by atoms with Gasteiger partial charge in [-0.3, -0.25) is 0 Å². The lowest BCUT2D eigenvalue weighted by Gasteiger charge is -2.34. The lowest BCUT2D eigenvalue weighted by atomic mass is 10.1. The van der Waals surface area contributed by atoms with Crippen molar-refractivity contribution in [1.82, 2.24) is 0 Å². The molecule has 1 saturated heterocycles. The average Bonchev–Trinajstić information content (AvgIpc) is 2.27. The summed E-state index contributed by atoms with van der Waals surface area (Å²) in [4.78, 5) is 1.69. The van der Waals surface area contributed by atoms with Crippen molar-refractivity contribution in [3.8, 4) is 0 Å². The van der Waals surface area contributed by atoms with Gasteiger partial charge >= 0.3 is 6.18 Å². The Morgan fingerprint density at radius 1 is 1.39 bits per heavy atom. The number of nitrogens with zero attached hydrogens (tertiary/aromatic N) is 1. The largest absolute Gasteiger partial charge is 0.418 e. The van der Waals surface area contributed by atoms with Gasteiger partial charge in [-0.2, -0.15) is 13.2 Å². The van der Waals surface area contributed by atoms with Crippen molar-refractivity contribution >= 4 is 11.4 Å². The lowest BCUT2D eigenvalue weighted by Crippen LogP contribution is -2.42. The van der Waals surface area contributed by atoms with Crippen LogP contribution in [-0.4, -0.2) is 25.8 Å². The van der Waals surface area contributed by atoms with Gasteiger partial charge in [0.25, 0.3) is 0 Å². The first-order valence-corrected chi connectivity index (χ1v) is 5.71. The van der Waals surface area contributed by atoms with Gasteiger partial charge in [0.15, 0.2) is 0 Å². The predicted octanol–water partition coefficient (Wildman–Crippen LogP) is 2.51. The molecule has 1 aliphatic heterocycles. The van der Waals surface area contributed by atoms with Gasteiger partial charge < -0.3 is 15.4 Å². The number of anilines is 2. The van der Waals surface area contributed by atoms with Gasteiger partial charge in [0.2, 0.25) is 0 Å². The number of morpholine rings is 1. The van der Waals surface area contributed by atoms with Crippen LogP contribution in [-0.2, 0) is 10.9 Å². The smallest absolute Gasteiger partial charge is 0.399 e. The molecular formula is C12H15F3N2O. The third kappa shape index (κ3) is 2.69. The molecule has 2 rings (SSSR count). The van der Waals surface area contributed by atoms with Crippen LogP contribution in [0.25, 0.3) is 0 Å². The van der Waals surface area contributed by atoms with Gasteiger partial charge in [0.1, 0.15) is 0 Å². The van der Waals surface area contributed by atoms with Crippen LogP contribution < -0.4 is 10.6 Å². The summed E-state index contributed by atoms with van der Waals surface area (Å²) >= 11 is 0. The van der Waals surface area contributed by atoms with Gasteiger partial charge in [0.05, 0.1) is 18.3 Å². The van der Waals surface area contributed by atoms with Crippen molar-refractivity contribution in [1.29, 1.82) is 0 Å². The van der Waals surface area contributed by atoms with Crippen molar-refractivity contribution in [2.45, 2.75) is 19.2 Å². The number of benzene rings is 1. The van der Waals surface area contributed by atoms with Gasteiger partial charge in [-0.15, -0.1) is 0 Å². The van der Waals surface area contributed by atoms with E-state index in [9.17, 15) is 13.2 Å². The first-order chi connectivity index (χ1) is 8.38. The normalized spacial score (nSPS) is 21.1. The summed E-state index contributed by atoms with van der Waals surface area (Å²) in [5, 5.41) is 0. The molecule has 1 fully saturated rings. The van der Waals surface area contributed by atoms with Crippen molar-refractivity contribution < 1.29 is 17.9 Å². The Balaban J connectivity index is 2.37. The zero-order chi connectivity index (χ0) is 13.3. The minimum atomic E-state index is -4.40. The molecule has 0 saturated carbocycles. The number of alkyl halides is 3. The predicted molar refractivity (Wildman–Crippen MR) is 63.5 cm³/mol. The van der Waals surface area contributed by atoms with Crippen LogP contribution in [0.1, 0.15) is 12.5 Å². The first kappa shape index (κ1) is 13.0. The number of nitrogen functional groups attached to an aromatic ring is 1. The molecule has 1 atom stereocenters. The van der Waals surface area contributed by atoms with Gasteiger partial charge in [-0.05, 0) is 25.1 Å². The number of halogens is 3. The minimum absolute atomic E-state index is 0.0719. The summed E-state index contributed by atoms with van der Waals surface area (Å²) in [6, 6.07) is 3.90. The van der Waals surface area contributed by atoms with Crippen molar-refractivity contribution in [3.05, 3.63) is 23.8 Å². The maximum Gasteiger partial charge on any atom is 0.418 e. The monoisotopic (exact) mass is 260 g/mol. The first-order valence-electron chi connectivity index (χ1n) is 5.71. The highest BCUT2D eigenvalue weighted by atomic mass is 19.4. The Kier molecular flexibility index (Phi) is 3.38. The lowest BCUT2D eigenvalue weighted by molar-refractivity contribution is -0.137. The fourth-order valence-corrected chi connectivity index (χ4v) is 2.09. The van der Waals surface area contributed by atoms with Crippen LogP contribution in [0, 0.1) is 0 Å².